The highest BCUT2D eigenvalue weighted by atomic mass is 79.9. The first kappa shape index (κ1) is 14.6. The van der Waals surface area contributed by atoms with Crippen LogP contribution in [0.4, 0.5) is 5.69 Å². The second-order valence-corrected chi connectivity index (χ2v) is 6.77. The summed E-state index contributed by atoms with van der Waals surface area (Å²) in [6, 6.07) is 9.08. The first-order valence-corrected chi connectivity index (χ1v) is 8.56. The van der Waals surface area contributed by atoms with Crippen LogP contribution < -0.4 is 5.32 Å². The fourth-order valence-electron chi connectivity index (χ4n) is 2.98. The van der Waals surface area contributed by atoms with Crippen molar-refractivity contribution in [2.24, 2.45) is 0 Å². The molecule has 112 valence electrons. The average Bonchev–Trinajstić information content (AvgIpc) is 2.98. The number of nitrogens with zero attached hydrogens (tertiary/aromatic N) is 2. The molecule has 0 spiro atoms. The lowest BCUT2D eigenvalue weighted by molar-refractivity contribution is 0.328. The second kappa shape index (κ2) is 6.65. The largest absolute Gasteiger partial charge is 0.378 e. The van der Waals surface area contributed by atoms with Crippen molar-refractivity contribution in [2.45, 2.75) is 51.6 Å². The van der Waals surface area contributed by atoms with Gasteiger partial charge in [-0.05, 0) is 59.5 Å². The molecule has 1 aromatic heterocycles. The Hall–Kier alpha value is -1.29. The highest BCUT2D eigenvalue weighted by Crippen LogP contribution is 2.28. The van der Waals surface area contributed by atoms with Crippen LogP contribution in [-0.2, 0) is 6.54 Å². The average molecular weight is 348 g/mol. The van der Waals surface area contributed by atoms with Crippen LogP contribution in [0.5, 0.6) is 0 Å². The number of rotatable bonds is 4. The van der Waals surface area contributed by atoms with Crippen molar-refractivity contribution in [3.63, 3.8) is 0 Å². The summed E-state index contributed by atoms with van der Waals surface area (Å²) in [5.41, 5.74) is 3.49. The first-order valence-electron chi connectivity index (χ1n) is 7.76. The predicted octanol–water partition coefficient (Wildman–Crippen LogP) is 5.07. The third-order valence-electron chi connectivity index (χ3n) is 4.19. The molecule has 1 aliphatic rings. The summed E-state index contributed by atoms with van der Waals surface area (Å²) < 4.78 is 3.27. The quantitative estimate of drug-likeness (QED) is 0.836. The van der Waals surface area contributed by atoms with E-state index in [4.69, 9.17) is 5.10 Å². The van der Waals surface area contributed by atoms with Gasteiger partial charge in [-0.3, -0.25) is 4.68 Å². The van der Waals surface area contributed by atoms with Crippen molar-refractivity contribution < 1.29 is 0 Å². The van der Waals surface area contributed by atoms with Crippen molar-refractivity contribution in [1.29, 1.82) is 0 Å². The van der Waals surface area contributed by atoms with E-state index in [1.165, 1.54) is 37.7 Å². The minimum Gasteiger partial charge on any atom is -0.378 e. The van der Waals surface area contributed by atoms with Crippen LogP contribution in [0.25, 0.3) is 0 Å². The topological polar surface area (TPSA) is 29.9 Å². The maximum Gasteiger partial charge on any atom is 0.0815 e. The Morgan fingerprint density at radius 3 is 2.86 bits per heavy atom. The van der Waals surface area contributed by atoms with Crippen molar-refractivity contribution >= 4 is 21.6 Å². The number of benzene rings is 1. The van der Waals surface area contributed by atoms with Crippen molar-refractivity contribution in [1.82, 2.24) is 9.78 Å². The summed E-state index contributed by atoms with van der Waals surface area (Å²) in [7, 11) is 0. The SMILES string of the molecule is Cc1ccc(Br)c(NCc2ccn(C3CCCCC3)n2)c1. The molecule has 1 N–H and O–H groups in total. The van der Waals surface area contributed by atoms with E-state index in [2.05, 4.69) is 63.3 Å². The molecule has 4 heteroatoms. The third-order valence-corrected chi connectivity index (χ3v) is 4.89. The molecule has 2 aromatic rings. The van der Waals surface area contributed by atoms with Crippen molar-refractivity contribution in [3.8, 4) is 0 Å². The lowest BCUT2D eigenvalue weighted by atomic mass is 9.96. The highest BCUT2D eigenvalue weighted by molar-refractivity contribution is 9.10. The normalized spacial score (nSPS) is 16.1. The number of anilines is 1. The Balaban J connectivity index is 1.63. The molecule has 0 unspecified atom stereocenters. The maximum atomic E-state index is 4.74. The molecule has 1 heterocycles. The number of halogens is 1. The lowest BCUT2D eigenvalue weighted by Crippen LogP contribution is -2.13. The molecule has 0 bridgehead atoms. The van der Waals surface area contributed by atoms with Crippen LogP contribution in [-0.4, -0.2) is 9.78 Å². The van der Waals surface area contributed by atoms with E-state index in [1.807, 2.05) is 0 Å². The first-order chi connectivity index (χ1) is 10.2. The smallest absolute Gasteiger partial charge is 0.0815 e. The zero-order chi connectivity index (χ0) is 14.7. The number of nitrogens with one attached hydrogen (secondary N) is 1. The molecule has 1 aliphatic carbocycles. The Kier molecular flexibility index (Phi) is 4.63. The van der Waals surface area contributed by atoms with E-state index in [0.29, 0.717) is 6.04 Å². The number of aromatic nitrogens is 2. The van der Waals surface area contributed by atoms with Crippen LogP contribution in [0.3, 0.4) is 0 Å². The molecule has 1 fully saturated rings. The minimum atomic E-state index is 0.609. The Morgan fingerprint density at radius 1 is 1.24 bits per heavy atom. The zero-order valence-corrected chi connectivity index (χ0v) is 14.1. The minimum absolute atomic E-state index is 0.609. The summed E-state index contributed by atoms with van der Waals surface area (Å²) in [5.74, 6) is 0. The molecule has 1 aromatic carbocycles. The van der Waals surface area contributed by atoms with Gasteiger partial charge < -0.3 is 5.32 Å². The van der Waals surface area contributed by atoms with Gasteiger partial charge in [0.2, 0.25) is 0 Å². The Morgan fingerprint density at radius 2 is 2.05 bits per heavy atom. The monoisotopic (exact) mass is 347 g/mol. The number of aryl methyl sites for hydroxylation is 1. The molecule has 3 rings (SSSR count). The van der Waals surface area contributed by atoms with E-state index in [1.54, 1.807) is 0 Å². The van der Waals surface area contributed by atoms with Crippen LogP contribution in [0.1, 0.15) is 49.4 Å². The molecule has 3 nitrogen and oxygen atoms in total. The zero-order valence-electron chi connectivity index (χ0n) is 12.5. The van der Waals surface area contributed by atoms with Gasteiger partial charge in [0.25, 0.3) is 0 Å². The van der Waals surface area contributed by atoms with Crippen molar-refractivity contribution in [2.75, 3.05) is 5.32 Å². The molecule has 0 amide bonds. The van der Waals surface area contributed by atoms with Crippen LogP contribution >= 0.6 is 15.9 Å². The van der Waals surface area contributed by atoms with Gasteiger partial charge in [-0.15, -0.1) is 0 Å². The fraction of sp³-hybridized carbons (Fsp3) is 0.471. The van der Waals surface area contributed by atoms with Gasteiger partial charge >= 0.3 is 0 Å². The van der Waals surface area contributed by atoms with Crippen LogP contribution in [0.15, 0.2) is 34.9 Å². The summed E-state index contributed by atoms with van der Waals surface area (Å²) in [5, 5.41) is 8.20. The summed E-state index contributed by atoms with van der Waals surface area (Å²) in [6.45, 7) is 2.87. The van der Waals surface area contributed by atoms with Crippen molar-refractivity contribution in [3.05, 3.63) is 46.2 Å². The molecule has 0 radical (unpaired) electrons. The maximum absolute atomic E-state index is 4.74. The predicted molar refractivity (Wildman–Crippen MR) is 90.6 cm³/mol. The van der Waals surface area contributed by atoms with E-state index in [0.717, 1.165) is 22.4 Å². The van der Waals surface area contributed by atoms with Crippen LogP contribution in [0.2, 0.25) is 0 Å². The molecule has 21 heavy (non-hydrogen) atoms. The van der Waals surface area contributed by atoms with Gasteiger partial charge in [-0.2, -0.15) is 5.10 Å². The van der Waals surface area contributed by atoms with Gasteiger partial charge in [0.1, 0.15) is 0 Å². The fourth-order valence-corrected chi connectivity index (χ4v) is 3.37. The molecular weight excluding hydrogens is 326 g/mol. The standard InChI is InChI=1S/C17H22BrN3/c1-13-7-8-16(18)17(11-13)19-12-14-9-10-21(20-14)15-5-3-2-4-6-15/h7-11,15,19H,2-6,12H2,1H3. The highest BCUT2D eigenvalue weighted by Gasteiger charge is 2.15. The van der Waals surface area contributed by atoms with E-state index < -0.39 is 0 Å². The van der Waals surface area contributed by atoms with Gasteiger partial charge in [0, 0.05) is 16.4 Å². The van der Waals surface area contributed by atoms with Gasteiger partial charge in [0.15, 0.2) is 0 Å². The molecule has 1 saturated carbocycles. The Labute approximate surface area is 134 Å². The van der Waals surface area contributed by atoms with E-state index in [-0.39, 0.29) is 0 Å². The summed E-state index contributed by atoms with van der Waals surface area (Å²) in [6.07, 6.45) is 8.75. The second-order valence-electron chi connectivity index (χ2n) is 5.92. The molecule has 0 saturated heterocycles. The van der Waals surface area contributed by atoms with Crippen LogP contribution in [0, 0.1) is 6.92 Å². The van der Waals surface area contributed by atoms with Gasteiger partial charge in [-0.25, -0.2) is 0 Å². The number of hydrogen-bond acceptors (Lipinski definition) is 2. The molecular formula is C17H22BrN3. The molecule has 0 aliphatic heterocycles. The Bertz CT molecular complexity index is 600. The summed E-state index contributed by atoms with van der Waals surface area (Å²) in [4.78, 5) is 0. The van der Waals surface area contributed by atoms with E-state index >= 15 is 0 Å². The van der Waals surface area contributed by atoms with Gasteiger partial charge in [-0.1, -0.05) is 25.3 Å². The number of hydrogen-bond donors (Lipinski definition) is 1. The lowest BCUT2D eigenvalue weighted by Gasteiger charge is -2.21. The van der Waals surface area contributed by atoms with E-state index in [9.17, 15) is 0 Å². The summed E-state index contributed by atoms with van der Waals surface area (Å²) >= 11 is 3.58. The van der Waals surface area contributed by atoms with Gasteiger partial charge in [0.05, 0.1) is 18.3 Å². The molecule has 0 atom stereocenters. The third kappa shape index (κ3) is 3.67.